The lowest BCUT2D eigenvalue weighted by Crippen LogP contribution is -2.10. The van der Waals surface area contributed by atoms with Gasteiger partial charge in [0.2, 0.25) is 0 Å². The lowest BCUT2D eigenvalue weighted by atomic mass is 9.90. The van der Waals surface area contributed by atoms with Crippen LogP contribution in [0, 0.1) is 18.2 Å². The van der Waals surface area contributed by atoms with Crippen molar-refractivity contribution in [3.05, 3.63) is 40.2 Å². The van der Waals surface area contributed by atoms with E-state index in [1.807, 2.05) is 13.0 Å². The Labute approximate surface area is 124 Å². The fourth-order valence-corrected chi connectivity index (χ4v) is 3.25. The number of benzene rings is 1. The first-order chi connectivity index (χ1) is 9.30. The highest BCUT2D eigenvalue weighted by molar-refractivity contribution is 7.15. The lowest BCUT2D eigenvalue weighted by molar-refractivity contribution is 0.406. The fraction of sp³-hybridized carbons (Fsp3) is 0.471. The Morgan fingerprint density at radius 3 is 2.55 bits per heavy atom. The minimum atomic E-state index is -0.186. The zero-order valence-corrected chi connectivity index (χ0v) is 13.7. The predicted octanol–water partition coefficient (Wildman–Crippen LogP) is 5.41. The first kappa shape index (κ1) is 15.2. The van der Waals surface area contributed by atoms with Crippen LogP contribution in [0.25, 0.3) is 10.6 Å². The van der Waals surface area contributed by atoms with Gasteiger partial charge < -0.3 is 0 Å². The van der Waals surface area contributed by atoms with Gasteiger partial charge in [0.15, 0.2) is 0 Å². The van der Waals surface area contributed by atoms with Crippen molar-refractivity contribution in [2.24, 2.45) is 5.41 Å². The summed E-state index contributed by atoms with van der Waals surface area (Å²) in [6, 6.07) is 5.21. The maximum absolute atomic E-state index is 14.0. The van der Waals surface area contributed by atoms with Crippen LogP contribution in [-0.4, -0.2) is 4.98 Å². The van der Waals surface area contributed by atoms with Gasteiger partial charge in [0, 0.05) is 10.4 Å². The van der Waals surface area contributed by atoms with Gasteiger partial charge in [-0.3, -0.25) is 0 Å². The highest BCUT2D eigenvalue weighted by Gasteiger charge is 2.19. The molecule has 0 saturated carbocycles. The smallest absolute Gasteiger partial charge is 0.133 e. The summed E-state index contributed by atoms with van der Waals surface area (Å²) in [4.78, 5) is 5.99. The van der Waals surface area contributed by atoms with Gasteiger partial charge in [-0.25, -0.2) is 9.37 Å². The molecule has 2 rings (SSSR count). The Bertz CT molecular complexity index is 608. The maximum Gasteiger partial charge on any atom is 0.133 e. The van der Waals surface area contributed by atoms with Crippen LogP contribution in [0.1, 0.15) is 43.8 Å². The normalized spacial score (nSPS) is 11.9. The van der Waals surface area contributed by atoms with E-state index in [1.165, 1.54) is 10.9 Å². The largest absolute Gasteiger partial charge is 0.241 e. The average molecular weight is 291 g/mol. The van der Waals surface area contributed by atoms with Gasteiger partial charge in [0.05, 0.1) is 5.69 Å². The molecule has 0 atom stereocenters. The molecule has 0 spiro atoms. The molecule has 0 N–H and O–H groups in total. The van der Waals surface area contributed by atoms with Crippen molar-refractivity contribution in [3.63, 3.8) is 0 Å². The average Bonchev–Trinajstić information content (AvgIpc) is 2.72. The third kappa shape index (κ3) is 3.45. The summed E-state index contributed by atoms with van der Waals surface area (Å²) in [6.07, 6.45) is 1.89. The van der Waals surface area contributed by atoms with E-state index in [0.29, 0.717) is 5.56 Å². The second kappa shape index (κ2) is 5.65. The van der Waals surface area contributed by atoms with Crippen molar-refractivity contribution in [2.45, 2.75) is 47.5 Å². The van der Waals surface area contributed by atoms with Crippen molar-refractivity contribution < 1.29 is 4.39 Å². The number of hydrogen-bond donors (Lipinski definition) is 0. The second-order valence-electron chi connectivity index (χ2n) is 6.46. The minimum absolute atomic E-state index is 0.186. The molecule has 0 radical (unpaired) electrons. The highest BCUT2D eigenvalue weighted by atomic mass is 32.1. The van der Waals surface area contributed by atoms with Crippen LogP contribution in [0.3, 0.4) is 0 Å². The summed E-state index contributed by atoms with van der Waals surface area (Å²) in [5.74, 6) is -0.186. The summed E-state index contributed by atoms with van der Waals surface area (Å²) in [5, 5.41) is 0.808. The molecule has 1 heterocycles. The van der Waals surface area contributed by atoms with Crippen molar-refractivity contribution >= 4 is 11.3 Å². The van der Waals surface area contributed by atoms with E-state index in [2.05, 4.69) is 27.7 Å². The van der Waals surface area contributed by atoms with Crippen molar-refractivity contribution in [1.29, 1.82) is 0 Å². The first-order valence-corrected chi connectivity index (χ1v) is 7.87. The van der Waals surface area contributed by atoms with Crippen LogP contribution in [0.2, 0.25) is 0 Å². The van der Waals surface area contributed by atoms with Gasteiger partial charge in [-0.1, -0.05) is 39.3 Å². The SMILES string of the molecule is CCc1sc(-c2cc(C)ccc2F)nc1CC(C)(C)C. The van der Waals surface area contributed by atoms with E-state index < -0.39 is 0 Å². The minimum Gasteiger partial charge on any atom is -0.241 e. The van der Waals surface area contributed by atoms with Crippen molar-refractivity contribution in [3.8, 4) is 10.6 Å². The van der Waals surface area contributed by atoms with Crippen LogP contribution in [-0.2, 0) is 12.8 Å². The monoisotopic (exact) mass is 291 g/mol. The van der Waals surface area contributed by atoms with Crippen LogP contribution in [0.5, 0.6) is 0 Å². The molecule has 3 heteroatoms. The molecule has 0 amide bonds. The van der Waals surface area contributed by atoms with Gasteiger partial charge in [0.25, 0.3) is 0 Å². The molecular weight excluding hydrogens is 269 g/mol. The van der Waals surface area contributed by atoms with Gasteiger partial charge in [-0.15, -0.1) is 11.3 Å². The summed E-state index contributed by atoms with van der Waals surface area (Å²) in [5.41, 5.74) is 3.01. The van der Waals surface area contributed by atoms with Crippen LogP contribution < -0.4 is 0 Å². The van der Waals surface area contributed by atoms with Crippen LogP contribution in [0.4, 0.5) is 4.39 Å². The Kier molecular flexibility index (Phi) is 4.28. The molecule has 0 aliphatic rings. The Balaban J connectivity index is 2.46. The highest BCUT2D eigenvalue weighted by Crippen LogP contribution is 2.33. The second-order valence-corrected chi connectivity index (χ2v) is 7.55. The van der Waals surface area contributed by atoms with E-state index in [9.17, 15) is 4.39 Å². The van der Waals surface area contributed by atoms with Crippen LogP contribution >= 0.6 is 11.3 Å². The number of aryl methyl sites for hydroxylation is 2. The molecule has 20 heavy (non-hydrogen) atoms. The molecule has 0 aliphatic carbocycles. The quantitative estimate of drug-likeness (QED) is 0.737. The van der Waals surface area contributed by atoms with Gasteiger partial charge >= 0.3 is 0 Å². The van der Waals surface area contributed by atoms with E-state index >= 15 is 0 Å². The summed E-state index contributed by atoms with van der Waals surface area (Å²) in [6.45, 7) is 10.7. The van der Waals surface area contributed by atoms with Crippen molar-refractivity contribution in [2.75, 3.05) is 0 Å². The number of nitrogens with zero attached hydrogens (tertiary/aromatic N) is 1. The lowest BCUT2D eigenvalue weighted by Gasteiger charge is -2.17. The van der Waals surface area contributed by atoms with E-state index in [0.717, 1.165) is 29.1 Å². The first-order valence-electron chi connectivity index (χ1n) is 7.05. The maximum atomic E-state index is 14.0. The molecule has 0 aliphatic heterocycles. The molecule has 0 bridgehead atoms. The summed E-state index contributed by atoms with van der Waals surface area (Å²) in [7, 11) is 0. The number of thiazole rings is 1. The topological polar surface area (TPSA) is 12.9 Å². The van der Waals surface area contributed by atoms with Gasteiger partial charge in [0.1, 0.15) is 10.8 Å². The molecule has 1 nitrogen and oxygen atoms in total. The molecule has 2 aromatic rings. The van der Waals surface area contributed by atoms with E-state index in [1.54, 1.807) is 17.4 Å². The fourth-order valence-electron chi connectivity index (χ4n) is 2.22. The number of aromatic nitrogens is 1. The predicted molar refractivity (Wildman–Crippen MR) is 84.8 cm³/mol. The molecular formula is C17H22FNS. The van der Waals surface area contributed by atoms with Gasteiger partial charge in [-0.05, 0) is 37.3 Å². The number of rotatable bonds is 3. The Morgan fingerprint density at radius 2 is 1.95 bits per heavy atom. The molecule has 108 valence electrons. The summed E-state index contributed by atoms with van der Waals surface area (Å²) < 4.78 is 14.0. The molecule has 1 aromatic carbocycles. The van der Waals surface area contributed by atoms with E-state index in [-0.39, 0.29) is 11.2 Å². The third-order valence-corrected chi connectivity index (χ3v) is 4.42. The number of hydrogen-bond acceptors (Lipinski definition) is 2. The summed E-state index contributed by atoms with van der Waals surface area (Å²) >= 11 is 1.63. The molecule has 0 fully saturated rings. The number of halogens is 1. The standard InChI is InChI=1S/C17H22FNS/c1-6-15-14(10-17(3,4)5)19-16(20-15)12-9-11(2)7-8-13(12)18/h7-9H,6,10H2,1-5H3. The zero-order chi connectivity index (χ0) is 14.9. The Morgan fingerprint density at radius 1 is 1.25 bits per heavy atom. The molecule has 0 saturated heterocycles. The van der Waals surface area contributed by atoms with Gasteiger partial charge in [-0.2, -0.15) is 0 Å². The molecule has 0 unspecified atom stereocenters. The third-order valence-electron chi connectivity index (χ3n) is 3.15. The zero-order valence-electron chi connectivity index (χ0n) is 12.9. The Hall–Kier alpha value is -1.22. The van der Waals surface area contributed by atoms with E-state index in [4.69, 9.17) is 4.98 Å². The van der Waals surface area contributed by atoms with Crippen LogP contribution in [0.15, 0.2) is 18.2 Å². The van der Waals surface area contributed by atoms with Crippen molar-refractivity contribution in [1.82, 2.24) is 4.98 Å². The molecule has 1 aromatic heterocycles.